The van der Waals surface area contributed by atoms with Gasteiger partial charge < -0.3 is 25.2 Å². The summed E-state index contributed by atoms with van der Waals surface area (Å²) >= 11 is 0. The SMILES string of the molecule is CC(C)(C)CCCCCCCCCCCCCCCC(=O)NC1CCCCC1C(CC(=O)O)NC(=O)C1OC(C)(C)OCC1(C)C. The van der Waals surface area contributed by atoms with Crippen molar-refractivity contribution in [3.05, 3.63) is 0 Å². The number of hydrogen-bond donors (Lipinski definition) is 3. The molecule has 2 fully saturated rings. The van der Waals surface area contributed by atoms with E-state index in [1.165, 1.54) is 77.0 Å². The van der Waals surface area contributed by atoms with Crippen LogP contribution in [-0.4, -0.2) is 53.5 Å². The number of carboxylic acid groups (broad SMARTS) is 1. The third kappa shape index (κ3) is 16.4. The number of nitrogens with one attached hydrogen (secondary N) is 2. The highest BCUT2D eigenvalue weighted by atomic mass is 16.7. The molecule has 0 aromatic heterocycles. The molecule has 1 aliphatic heterocycles. The normalized spacial score (nSPS) is 23.4. The molecule has 1 aliphatic carbocycles. The molecule has 0 radical (unpaired) electrons. The van der Waals surface area contributed by atoms with Gasteiger partial charge in [0.15, 0.2) is 5.79 Å². The number of ether oxygens (including phenoxy) is 2. The van der Waals surface area contributed by atoms with Crippen molar-refractivity contribution >= 4 is 17.8 Å². The van der Waals surface area contributed by atoms with Gasteiger partial charge in [0, 0.05) is 23.9 Å². The molecule has 4 atom stereocenters. The Morgan fingerprint density at radius 1 is 0.804 bits per heavy atom. The van der Waals surface area contributed by atoms with Crippen LogP contribution in [0.25, 0.3) is 0 Å². The Labute approximate surface area is 281 Å². The standard InChI is InChI=1S/C38H70N2O6/c1-36(2,3)26-22-18-16-14-12-10-8-9-11-13-15-17-19-25-32(41)39-30-24-21-20-23-29(30)31(27-33(42)43)40-35(44)34-37(4,5)28-45-38(6,7)46-34/h29-31,34H,8-28H2,1-7H3,(H,39,41)(H,40,44)(H,42,43). The minimum atomic E-state index is -0.962. The van der Waals surface area contributed by atoms with Gasteiger partial charge in [-0.1, -0.05) is 125 Å². The zero-order chi connectivity index (χ0) is 34.2. The van der Waals surface area contributed by atoms with Crippen LogP contribution < -0.4 is 10.6 Å². The average molecular weight is 651 g/mol. The smallest absolute Gasteiger partial charge is 0.305 e. The van der Waals surface area contributed by atoms with E-state index in [1.54, 1.807) is 13.8 Å². The van der Waals surface area contributed by atoms with E-state index in [0.29, 0.717) is 18.4 Å². The maximum atomic E-state index is 13.5. The van der Waals surface area contributed by atoms with Crippen molar-refractivity contribution in [3.8, 4) is 0 Å². The van der Waals surface area contributed by atoms with E-state index in [-0.39, 0.29) is 30.2 Å². The number of amides is 2. The predicted molar refractivity (Wildman–Crippen MR) is 185 cm³/mol. The lowest BCUT2D eigenvalue weighted by molar-refractivity contribution is -0.304. The number of carboxylic acids is 1. The Bertz CT molecular complexity index is 911. The molecule has 2 aliphatic rings. The molecule has 8 heteroatoms. The summed E-state index contributed by atoms with van der Waals surface area (Å²) in [6.45, 7) is 14.7. The van der Waals surface area contributed by atoms with Gasteiger partial charge in [0.05, 0.1) is 13.0 Å². The van der Waals surface area contributed by atoms with Gasteiger partial charge in [0.2, 0.25) is 11.8 Å². The number of carbonyl (C=O) groups excluding carboxylic acids is 2. The van der Waals surface area contributed by atoms with Crippen LogP contribution in [0.2, 0.25) is 0 Å². The molecule has 8 nitrogen and oxygen atoms in total. The van der Waals surface area contributed by atoms with Crippen LogP contribution in [0, 0.1) is 16.7 Å². The number of aliphatic carboxylic acids is 1. The zero-order valence-electron chi connectivity index (χ0n) is 30.6. The molecular weight excluding hydrogens is 580 g/mol. The predicted octanol–water partition coefficient (Wildman–Crippen LogP) is 8.70. The van der Waals surface area contributed by atoms with Crippen molar-refractivity contribution < 1.29 is 29.0 Å². The topological polar surface area (TPSA) is 114 Å². The average Bonchev–Trinajstić information content (AvgIpc) is 2.95. The lowest BCUT2D eigenvalue weighted by atomic mass is 9.78. The molecule has 2 amide bonds. The minimum Gasteiger partial charge on any atom is -0.481 e. The van der Waals surface area contributed by atoms with Crippen LogP contribution in [-0.2, 0) is 23.9 Å². The summed E-state index contributed by atoms with van der Waals surface area (Å²) < 4.78 is 11.8. The van der Waals surface area contributed by atoms with E-state index in [9.17, 15) is 19.5 Å². The summed E-state index contributed by atoms with van der Waals surface area (Å²) in [5.74, 6) is -2.28. The van der Waals surface area contributed by atoms with Gasteiger partial charge in [-0.2, -0.15) is 0 Å². The van der Waals surface area contributed by atoms with Gasteiger partial charge in [-0.25, -0.2) is 0 Å². The van der Waals surface area contributed by atoms with E-state index in [0.717, 1.165) is 38.5 Å². The van der Waals surface area contributed by atoms with Gasteiger partial charge in [-0.3, -0.25) is 14.4 Å². The number of unbranched alkanes of at least 4 members (excludes halogenated alkanes) is 12. The first-order valence-corrected chi connectivity index (χ1v) is 18.7. The molecule has 1 heterocycles. The summed E-state index contributed by atoms with van der Waals surface area (Å²) in [6, 6.07) is -0.728. The first-order valence-electron chi connectivity index (χ1n) is 18.7. The maximum Gasteiger partial charge on any atom is 0.305 e. The fourth-order valence-electron chi connectivity index (χ4n) is 7.06. The molecular formula is C38H70N2O6. The van der Waals surface area contributed by atoms with Crippen LogP contribution in [0.1, 0.15) is 177 Å². The molecule has 3 N–H and O–H groups in total. The number of rotatable bonds is 21. The molecule has 46 heavy (non-hydrogen) atoms. The highest BCUT2D eigenvalue weighted by Gasteiger charge is 2.47. The van der Waals surface area contributed by atoms with Crippen molar-refractivity contribution in [1.82, 2.24) is 10.6 Å². The molecule has 2 rings (SSSR count). The Kier molecular flexibility index (Phi) is 17.6. The molecule has 1 saturated carbocycles. The molecule has 4 unspecified atom stereocenters. The largest absolute Gasteiger partial charge is 0.481 e. The molecule has 0 spiro atoms. The fourth-order valence-corrected chi connectivity index (χ4v) is 7.06. The Morgan fingerprint density at radius 3 is 1.87 bits per heavy atom. The van der Waals surface area contributed by atoms with E-state index in [4.69, 9.17) is 9.47 Å². The first-order chi connectivity index (χ1) is 21.6. The molecule has 0 aromatic rings. The third-order valence-electron chi connectivity index (χ3n) is 9.88. The van der Waals surface area contributed by atoms with Crippen LogP contribution in [0.4, 0.5) is 0 Å². The van der Waals surface area contributed by atoms with E-state index in [1.807, 2.05) is 13.8 Å². The monoisotopic (exact) mass is 651 g/mol. The molecule has 268 valence electrons. The van der Waals surface area contributed by atoms with E-state index < -0.39 is 29.3 Å². The zero-order valence-corrected chi connectivity index (χ0v) is 30.6. The van der Waals surface area contributed by atoms with Gasteiger partial charge >= 0.3 is 5.97 Å². The van der Waals surface area contributed by atoms with Crippen LogP contribution in [0.3, 0.4) is 0 Å². The first kappa shape index (κ1) is 40.5. The van der Waals surface area contributed by atoms with Crippen LogP contribution in [0.5, 0.6) is 0 Å². The summed E-state index contributed by atoms with van der Waals surface area (Å²) in [6.07, 6.45) is 20.9. The van der Waals surface area contributed by atoms with Crippen molar-refractivity contribution in [2.24, 2.45) is 16.7 Å². The van der Waals surface area contributed by atoms with Crippen molar-refractivity contribution in [3.63, 3.8) is 0 Å². The molecule has 0 aromatic carbocycles. The van der Waals surface area contributed by atoms with Crippen molar-refractivity contribution in [1.29, 1.82) is 0 Å². The van der Waals surface area contributed by atoms with Gasteiger partial charge in [0.1, 0.15) is 6.10 Å². The van der Waals surface area contributed by atoms with Crippen molar-refractivity contribution in [2.75, 3.05) is 6.61 Å². The Balaban J connectivity index is 1.67. The summed E-state index contributed by atoms with van der Waals surface area (Å²) in [5.41, 5.74) is -0.0855. The van der Waals surface area contributed by atoms with E-state index in [2.05, 4.69) is 31.4 Å². The highest BCUT2D eigenvalue weighted by molar-refractivity contribution is 5.83. The summed E-state index contributed by atoms with van der Waals surface area (Å²) in [4.78, 5) is 38.3. The van der Waals surface area contributed by atoms with Gasteiger partial charge in [-0.05, 0) is 50.9 Å². The fraction of sp³-hybridized carbons (Fsp3) is 0.921. The second kappa shape index (κ2) is 20.0. The lowest BCUT2D eigenvalue weighted by Crippen LogP contribution is -2.60. The number of hydrogen-bond acceptors (Lipinski definition) is 5. The summed E-state index contributed by atoms with van der Waals surface area (Å²) in [5, 5.41) is 16.0. The van der Waals surface area contributed by atoms with Crippen LogP contribution >= 0.6 is 0 Å². The Morgan fingerprint density at radius 2 is 1.33 bits per heavy atom. The minimum absolute atomic E-state index is 0.0337. The summed E-state index contributed by atoms with van der Waals surface area (Å²) in [7, 11) is 0. The van der Waals surface area contributed by atoms with Crippen LogP contribution in [0.15, 0.2) is 0 Å². The quantitative estimate of drug-likeness (QED) is 0.107. The molecule has 1 saturated heterocycles. The Hall–Kier alpha value is -1.67. The second-order valence-corrected chi connectivity index (χ2v) is 16.7. The second-order valence-electron chi connectivity index (χ2n) is 16.7. The van der Waals surface area contributed by atoms with E-state index >= 15 is 0 Å². The van der Waals surface area contributed by atoms with Gasteiger partial charge in [0.25, 0.3) is 0 Å². The lowest BCUT2D eigenvalue weighted by Gasteiger charge is -2.45. The highest BCUT2D eigenvalue weighted by Crippen LogP contribution is 2.36. The van der Waals surface area contributed by atoms with Crippen molar-refractivity contribution in [2.45, 2.75) is 201 Å². The third-order valence-corrected chi connectivity index (χ3v) is 9.88. The maximum absolute atomic E-state index is 13.5. The number of carbonyl (C=O) groups is 3. The molecule has 0 bridgehead atoms. The van der Waals surface area contributed by atoms with Gasteiger partial charge in [-0.15, -0.1) is 0 Å².